The Kier molecular flexibility index (Phi) is 3.25. The molecule has 0 bridgehead atoms. The molecular weight excluding hydrogens is 174 g/mol. The fourth-order valence-corrected chi connectivity index (χ4v) is 1.48. The van der Waals surface area contributed by atoms with E-state index in [1.54, 1.807) is 0 Å². The minimum Gasteiger partial charge on any atom is -0.469 e. The van der Waals surface area contributed by atoms with Crippen LogP contribution in [0.3, 0.4) is 0 Å². The summed E-state index contributed by atoms with van der Waals surface area (Å²) in [6.07, 6.45) is 0. The van der Waals surface area contributed by atoms with Crippen LogP contribution < -0.4 is 5.32 Å². The standard InChI is InChI=1S/C8H13NO4/c1-12-7(10)5-3-9-4-6(5)8(11)13-2/h5-6,9H,3-4H2,1-2H3/t5-,6-/m0/s1. The van der Waals surface area contributed by atoms with Gasteiger partial charge in [-0.1, -0.05) is 0 Å². The molecule has 5 nitrogen and oxygen atoms in total. The SMILES string of the molecule is COC(=O)[C@H]1CNC[C@@H]1C(=O)OC. The van der Waals surface area contributed by atoms with Gasteiger partial charge < -0.3 is 14.8 Å². The van der Waals surface area contributed by atoms with Crippen LogP contribution >= 0.6 is 0 Å². The fourth-order valence-electron chi connectivity index (χ4n) is 1.48. The zero-order valence-electron chi connectivity index (χ0n) is 7.70. The van der Waals surface area contributed by atoms with E-state index in [-0.39, 0.29) is 11.9 Å². The van der Waals surface area contributed by atoms with Crippen molar-refractivity contribution in [3.63, 3.8) is 0 Å². The maximum atomic E-state index is 11.2. The van der Waals surface area contributed by atoms with Gasteiger partial charge in [-0.3, -0.25) is 9.59 Å². The van der Waals surface area contributed by atoms with Crippen LogP contribution in [0, 0.1) is 11.8 Å². The zero-order chi connectivity index (χ0) is 9.84. The summed E-state index contributed by atoms with van der Waals surface area (Å²) in [6, 6.07) is 0. The Morgan fingerprint density at radius 3 is 1.77 bits per heavy atom. The normalized spacial score (nSPS) is 26.9. The first kappa shape index (κ1) is 9.98. The second-order valence-corrected chi connectivity index (χ2v) is 2.92. The summed E-state index contributed by atoms with van der Waals surface area (Å²) in [7, 11) is 2.63. The van der Waals surface area contributed by atoms with Gasteiger partial charge in [0.25, 0.3) is 0 Å². The van der Waals surface area contributed by atoms with E-state index in [2.05, 4.69) is 14.8 Å². The predicted molar refractivity (Wildman–Crippen MR) is 43.9 cm³/mol. The van der Waals surface area contributed by atoms with Crippen molar-refractivity contribution in [1.82, 2.24) is 5.32 Å². The summed E-state index contributed by atoms with van der Waals surface area (Å²) in [5, 5.41) is 2.95. The summed E-state index contributed by atoms with van der Waals surface area (Å²) >= 11 is 0. The average molecular weight is 187 g/mol. The lowest BCUT2D eigenvalue weighted by molar-refractivity contribution is -0.155. The number of hydrogen-bond acceptors (Lipinski definition) is 5. The van der Waals surface area contributed by atoms with Gasteiger partial charge in [-0.05, 0) is 0 Å². The highest BCUT2D eigenvalue weighted by Gasteiger charge is 2.39. The van der Waals surface area contributed by atoms with E-state index >= 15 is 0 Å². The number of rotatable bonds is 2. The molecule has 1 saturated heterocycles. The van der Waals surface area contributed by atoms with Gasteiger partial charge in [-0.25, -0.2) is 0 Å². The van der Waals surface area contributed by atoms with Gasteiger partial charge in [0.1, 0.15) is 0 Å². The smallest absolute Gasteiger partial charge is 0.310 e. The minimum atomic E-state index is -0.405. The van der Waals surface area contributed by atoms with Gasteiger partial charge in [0.05, 0.1) is 26.1 Å². The van der Waals surface area contributed by atoms with Crippen molar-refractivity contribution in [1.29, 1.82) is 0 Å². The number of hydrogen-bond donors (Lipinski definition) is 1. The third-order valence-corrected chi connectivity index (χ3v) is 2.22. The topological polar surface area (TPSA) is 64.6 Å². The molecule has 0 aromatic carbocycles. The van der Waals surface area contributed by atoms with E-state index in [0.29, 0.717) is 13.1 Å². The highest BCUT2D eigenvalue weighted by atomic mass is 16.5. The van der Waals surface area contributed by atoms with Crippen LogP contribution in [-0.4, -0.2) is 39.2 Å². The lowest BCUT2D eigenvalue weighted by Crippen LogP contribution is -2.30. The van der Waals surface area contributed by atoms with Gasteiger partial charge in [0.2, 0.25) is 0 Å². The van der Waals surface area contributed by atoms with Gasteiger partial charge in [0, 0.05) is 13.1 Å². The number of ether oxygens (including phenoxy) is 2. The van der Waals surface area contributed by atoms with Crippen LogP contribution in [-0.2, 0) is 19.1 Å². The molecule has 2 atom stereocenters. The minimum absolute atomic E-state index is 0.361. The third kappa shape index (κ3) is 1.98. The first-order chi connectivity index (χ1) is 6.20. The van der Waals surface area contributed by atoms with Gasteiger partial charge in [-0.15, -0.1) is 0 Å². The Balaban J connectivity index is 2.63. The Morgan fingerprint density at radius 2 is 1.46 bits per heavy atom. The van der Waals surface area contributed by atoms with Crippen molar-refractivity contribution < 1.29 is 19.1 Å². The number of nitrogens with one attached hydrogen (secondary N) is 1. The molecule has 1 aliphatic heterocycles. The number of methoxy groups -OCH3 is 2. The predicted octanol–water partition coefficient (Wildman–Crippen LogP) is -0.832. The zero-order valence-corrected chi connectivity index (χ0v) is 7.70. The Hall–Kier alpha value is -1.10. The molecule has 13 heavy (non-hydrogen) atoms. The first-order valence-corrected chi connectivity index (χ1v) is 4.07. The summed E-state index contributed by atoms with van der Waals surface area (Å²) in [5.41, 5.74) is 0. The number of esters is 2. The second-order valence-electron chi connectivity index (χ2n) is 2.92. The molecule has 0 aromatic rings. The van der Waals surface area contributed by atoms with E-state index < -0.39 is 11.8 Å². The lowest BCUT2D eigenvalue weighted by atomic mass is 9.96. The molecule has 1 rings (SSSR count). The highest BCUT2D eigenvalue weighted by molar-refractivity contribution is 5.83. The maximum absolute atomic E-state index is 11.2. The summed E-state index contributed by atoms with van der Waals surface area (Å²) in [6.45, 7) is 0.957. The summed E-state index contributed by atoms with van der Waals surface area (Å²) < 4.78 is 9.14. The van der Waals surface area contributed by atoms with Crippen molar-refractivity contribution >= 4 is 11.9 Å². The van der Waals surface area contributed by atoms with E-state index in [1.165, 1.54) is 14.2 Å². The quantitative estimate of drug-likeness (QED) is 0.571. The third-order valence-electron chi connectivity index (χ3n) is 2.22. The fraction of sp³-hybridized carbons (Fsp3) is 0.750. The van der Waals surface area contributed by atoms with Crippen LogP contribution in [0.4, 0.5) is 0 Å². The molecule has 1 heterocycles. The van der Waals surface area contributed by atoms with Crippen LogP contribution in [0.25, 0.3) is 0 Å². The average Bonchev–Trinajstić information content (AvgIpc) is 2.63. The van der Waals surface area contributed by atoms with E-state index in [1.807, 2.05) is 0 Å². The van der Waals surface area contributed by atoms with Crippen LogP contribution in [0.1, 0.15) is 0 Å². The summed E-state index contributed by atoms with van der Waals surface area (Å²) in [4.78, 5) is 22.3. The Bertz CT molecular complexity index is 194. The molecule has 1 aliphatic rings. The van der Waals surface area contributed by atoms with Crippen molar-refractivity contribution in [3.05, 3.63) is 0 Å². The molecule has 1 N–H and O–H groups in total. The van der Waals surface area contributed by atoms with Crippen molar-refractivity contribution in [3.8, 4) is 0 Å². The monoisotopic (exact) mass is 187 g/mol. The van der Waals surface area contributed by atoms with Crippen LogP contribution in [0.15, 0.2) is 0 Å². The first-order valence-electron chi connectivity index (χ1n) is 4.07. The molecular formula is C8H13NO4. The molecule has 0 radical (unpaired) electrons. The summed E-state index contributed by atoms with van der Waals surface area (Å²) in [5.74, 6) is -1.53. The molecule has 74 valence electrons. The number of carbonyl (C=O) groups excluding carboxylic acids is 2. The molecule has 0 aromatic heterocycles. The molecule has 5 heteroatoms. The highest BCUT2D eigenvalue weighted by Crippen LogP contribution is 2.19. The van der Waals surface area contributed by atoms with E-state index in [0.717, 1.165) is 0 Å². The molecule has 0 amide bonds. The molecule has 0 aliphatic carbocycles. The van der Waals surface area contributed by atoms with Crippen LogP contribution in [0.2, 0.25) is 0 Å². The lowest BCUT2D eigenvalue weighted by Gasteiger charge is -2.13. The molecule has 0 saturated carbocycles. The maximum Gasteiger partial charge on any atom is 0.310 e. The van der Waals surface area contributed by atoms with Crippen molar-refractivity contribution in [2.24, 2.45) is 11.8 Å². The molecule has 1 fully saturated rings. The van der Waals surface area contributed by atoms with Crippen molar-refractivity contribution in [2.75, 3.05) is 27.3 Å². The van der Waals surface area contributed by atoms with E-state index in [4.69, 9.17) is 0 Å². The molecule has 0 unspecified atom stereocenters. The van der Waals surface area contributed by atoms with Gasteiger partial charge >= 0.3 is 11.9 Å². The van der Waals surface area contributed by atoms with Gasteiger partial charge in [0.15, 0.2) is 0 Å². The Labute approximate surface area is 76.4 Å². The van der Waals surface area contributed by atoms with Gasteiger partial charge in [-0.2, -0.15) is 0 Å². The largest absolute Gasteiger partial charge is 0.469 e. The van der Waals surface area contributed by atoms with Crippen molar-refractivity contribution in [2.45, 2.75) is 0 Å². The second kappa shape index (κ2) is 4.23. The van der Waals surface area contributed by atoms with E-state index in [9.17, 15) is 9.59 Å². The molecule has 0 spiro atoms. The Morgan fingerprint density at radius 1 is 1.08 bits per heavy atom. The van der Waals surface area contributed by atoms with Crippen LogP contribution in [0.5, 0.6) is 0 Å². The number of carbonyl (C=O) groups is 2.